The SMILES string of the molecule is CCN(CCCOC(C)C)CCCOC(C)C. The van der Waals surface area contributed by atoms with Crippen molar-refractivity contribution in [3.63, 3.8) is 0 Å². The zero-order valence-electron chi connectivity index (χ0n) is 12.4. The molecule has 0 aliphatic heterocycles. The Bertz CT molecular complexity index is 144. The van der Waals surface area contributed by atoms with Gasteiger partial charge in [-0.05, 0) is 47.1 Å². The summed E-state index contributed by atoms with van der Waals surface area (Å²) in [5.74, 6) is 0. The summed E-state index contributed by atoms with van der Waals surface area (Å²) in [6, 6.07) is 0. The molecule has 0 bridgehead atoms. The standard InChI is InChI=1S/C14H31NO2/c1-6-15(9-7-11-16-13(2)3)10-8-12-17-14(4)5/h13-14H,6-12H2,1-5H3. The average Bonchev–Trinajstić information content (AvgIpc) is 2.26. The number of ether oxygens (including phenoxy) is 2. The third-order valence-corrected chi connectivity index (χ3v) is 2.59. The first-order chi connectivity index (χ1) is 8.06. The molecular formula is C14H31NO2. The van der Waals surface area contributed by atoms with Crippen LogP contribution < -0.4 is 0 Å². The summed E-state index contributed by atoms with van der Waals surface area (Å²) in [5, 5.41) is 0. The minimum atomic E-state index is 0.351. The molecule has 0 aromatic rings. The molecule has 0 aromatic carbocycles. The van der Waals surface area contributed by atoms with Crippen molar-refractivity contribution in [1.29, 1.82) is 0 Å². The van der Waals surface area contributed by atoms with E-state index in [1.54, 1.807) is 0 Å². The van der Waals surface area contributed by atoms with Crippen LogP contribution in [0, 0.1) is 0 Å². The molecule has 0 unspecified atom stereocenters. The Morgan fingerprint density at radius 3 is 1.53 bits per heavy atom. The van der Waals surface area contributed by atoms with Crippen molar-refractivity contribution in [2.24, 2.45) is 0 Å². The van der Waals surface area contributed by atoms with E-state index in [1.807, 2.05) is 0 Å². The van der Waals surface area contributed by atoms with E-state index in [0.29, 0.717) is 12.2 Å². The van der Waals surface area contributed by atoms with Gasteiger partial charge in [-0.1, -0.05) is 6.92 Å². The highest BCUT2D eigenvalue weighted by Crippen LogP contribution is 1.98. The van der Waals surface area contributed by atoms with Gasteiger partial charge >= 0.3 is 0 Å². The number of rotatable bonds is 11. The van der Waals surface area contributed by atoms with Gasteiger partial charge in [0.05, 0.1) is 12.2 Å². The quantitative estimate of drug-likeness (QED) is 0.522. The van der Waals surface area contributed by atoms with Crippen LogP contribution in [0.4, 0.5) is 0 Å². The second kappa shape index (κ2) is 11.0. The second-order valence-electron chi connectivity index (χ2n) is 4.98. The van der Waals surface area contributed by atoms with Crippen molar-refractivity contribution in [2.75, 3.05) is 32.8 Å². The van der Waals surface area contributed by atoms with Gasteiger partial charge in [-0.15, -0.1) is 0 Å². The van der Waals surface area contributed by atoms with Gasteiger partial charge in [-0.25, -0.2) is 0 Å². The van der Waals surface area contributed by atoms with Crippen LogP contribution in [-0.2, 0) is 9.47 Å². The molecule has 0 amide bonds. The molecule has 0 atom stereocenters. The third kappa shape index (κ3) is 12.1. The molecule has 0 radical (unpaired) electrons. The minimum Gasteiger partial charge on any atom is -0.379 e. The van der Waals surface area contributed by atoms with E-state index in [9.17, 15) is 0 Å². The summed E-state index contributed by atoms with van der Waals surface area (Å²) in [5.41, 5.74) is 0. The maximum atomic E-state index is 5.54. The van der Waals surface area contributed by atoms with Gasteiger partial charge in [0.25, 0.3) is 0 Å². The molecule has 0 aliphatic carbocycles. The van der Waals surface area contributed by atoms with E-state index < -0.39 is 0 Å². The Kier molecular flexibility index (Phi) is 10.9. The normalized spacial score (nSPS) is 12.0. The Labute approximate surface area is 107 Å². The molecule has 3 nitrogen and oxygen atoms in total. The smallest absolute Gasteiger partial charge is 0.0518 e. The van der Waals surface area contributed by atoms with Gasteiger partial charge in [0.1, 0.15) is 0 Å². The van der Waals surface area contributed by atoms with E-state index in [1.165, 1.54) is 0 Å². The maximum Gasteiger partial charge on any atom is 0.0518 e. The molecule has 0 spiro atoms. The summed E-state index contributed by atoms with van der Waals surface area (Å²) < 4.78 is 11.1. The molecule has 0 saturated carbocycles. The summed E-state index contributed by atoms with van der Waals surface area (Å²) in [6.07, 6.45) is 2.95. The molecule has 0 fully saturated rings. The van der Waals surface area contributed by atoms with Crippen molar-refractivity contribution < 1.29 is 9.47 Å². The summed E-state index contributed by atoms with van der Waals surface area (Å²) >= 11 is 0. The Morgan fingerprint density at radius 2 is 1.24 bits per heavy atom. The van der Waals surface area contributed by atoms with Crippen LogP contribution >= 0.6 is 0 Å². The Balaban J connectivity index is 3.42. The number of nitrogens with zero attached hydrogens (tertiary/aromatic N) is 1. The number of hydrogen-bond donors (Lipinski definition) is 0. The van der Waals surface area contributed by atoms with Crippen molar-refractivity contribution in [3.05, 3.63) is 0 Å². The molecule has 0 aliphatic rings. The first-order valence-corrected chi connectivity index (χ1v) is 7.01. The van der Waals surface area contributed by atoms with Crippen molar-refractivity contribution in [2.45, 2.75) is 59.7 Å². The van der Waals surface area contributed by atoms with E-state index in [0.717, 1.165) is 45.7 Å². The molecule has 0 saturated heterocycles. The van der Waals surface area contributed by atoms with Crippen LogP contribution in [0.3, 0.4) is 0 Å². The van der Waals surface area contributed by atoms with E-state index in [2.05, 4.69) is 39.5 Å². The molecule has 17 heavy (non-hydrogen) atoms. The molecule has 0 N–H and O–H groups in total. The highest BCUT2D eigenvalue weighted by Gasteiger charge is 2.03. The Hall–Kier alpha value is -0.120. The largest absolute Gasteiger partial charge is 0.379 e. The van der Waals surface area contributed by atoms with Crippen molar-refractivity contribution in [1.82, 2.24) is 4.90 Å². The van der Waals surface area contributed by atoms with Gasteiger partial charge in [0.15, 0.2) is 0 Å². The highest BCUT2D eigenvalue weighted by atomic mass is 16.5. The fourth-order valence-electron chi connectivity index (χ4n) is 1.64. The molecule has 0 rings (SSSR count). The van der Waals surface area contributed by atoms with Crippen LogP contribution in [0.2, 0.25) is 0 Å². The lowest BCUT2D eigenvalue weighted by Gasteiger charge is -2.20. The van der Waals surface area contributed by atoms with E-state index >= 15 is 0 Å². The van der Waals surface area contributed by atoms with Gasteiger partial charge in [-0.2, -0.15) is 0 Å². The fourth-order valence-corrected chi connectivity index (χ4v) is 1.64. The van der Waals surface area contributed by atoms with Crippen LogP contribution in [0.25, 0.3) is 0 Å². The Morgan fingerprint density at radius 1 is 0.824 bits per heavy atom. The fraction of sp³-hybridized carbons (Fsp3) is 1.00. The zero-order chi connectivity index (χ0) is 13.1. The zero-order valence-corrected chi connectivity index (χ0v) is 12.4. The summed E-state index contributed by atoms with van der Waals surface area (Å²) in [6.45, 7) is 15.7. The third-order valence-electron chi connectivity index (χ3n) is 2.59. The van der Waals surface area contributed by atoms with Crippen molar-refractivity contribution >= 4 is 0 Å². The van der Waals surface area contributed by atoms with Gasteiger partial charge in [0, 0.05) is 26.3 Å². The van der Waals surface area contributed by atoms with Crippen LogP contribution in [0.5, 0.6) is 0 Å². The molecule has 3 heteroatoms. The summed E-state index contributed by atoms with van der Waals surface area (Å²) in [4.78, 5) is 2.47. The predicted octanol–water partition coefficient (Wildman–Crippen LogP) is 2.94. The first-order valence-electron chi connectivity index (χ1n) is 7.01. The van der Waals surface area contributed by atoms with Crippen LogP contribution in [-0.4, -0.2) is 50.0 Å². The average molecular weight is 245 g/mol. The molecule has 0 aromatic heterocycles. The summed E-state index contributed by atoms with van der Waals surface area (Å²) in [7, 11) is 0. The van der Waals surface area contributed by atoms with Gasteiger partial charge in [0.2, 0.25) is 0 Å². The molecule has 104 valence electrons. The minimum absolute atomic E-state index is 0.351. The van der Waals surface area contributed by atoms with Crippen molar-refractivity contribution in [3.8, 4) is 0 Å². The first kappa shape index (κ1) is 16.9. The van der Waals surface area contributed by atoms with Crippen LogP contribution in [0.15, 0.2) is 0 Å². The van der Waals surface area contributed by atoms with Gasteiger partial charge in [-0.3, -0.25) is 0 Å². The van der Waals surface area contributed by atoms with Crippen LogP contribution in [0.1, 0.15) is 47.5 Å². The topological polar surface area (TPSA) is 21.7 Å². The highest BCUT2D eigenvalue weighted by molar-refractivity contribution is 4.56. The lowest BCUT2D eigenvalue weighted by atomic mass is 10.3. The second-order valence-corrected chi connectivity index (χ2v) is 4.98. The maximum absolute atomic E-state index is 5.54. The molecular weight excluding hydrogens is 214 g/mol. The molecule has 0 heterocycles. The predicted molar refractivity (Wildman–Crippen MR) is 73.5 cm³/mol. The lowest BCUT2D eigenvalue weighted by molar-refractivity contribution is 0.0625. The lowest BCUT2D eigenvalue weighted by Crippen LogP contribution is -2.27. The van der Waals surface area contributed by atoms with E-state index in [-0.39, 0.29) is 0 Å². The monoisotopic (exact) mass is 245 g/mol. The van der Waals surface area contributed by atoms with Gasteiger partial charge < -0.3 is 14.4 Å². The van der Waals surface area contributed by atoms with E-state index in [4.69, 9.17) is 9.47 Å². The number of hydrogen-bond acceptors (Lipinski definition) is 3.